The summed E-state index contributed by atoms with van der Waals surface area (Å²) < 4.78 is 13.7. The topological polar surface area (TPSA) is 33.5 Å². The van der Waals surface area contributed by atoms with Gasteiger partial charge in [0.1, 0.15) is 12.4 Å². The predicted octanol–water partition coefficient (Wildman–Crippen LogP) is 2.17. The highest BCUT2D eigenvalue weighted by molar-refractivity contribution is 5.76. The van der Waals surface area contributed by atoms with Crippen molar-refractivity contribution in [2.45, 2.75) is 45.1 Å². The summed E-state index contributed by atoms with van der Waals surface area (Å²) in [4.78, 5) is 13.4. The van der Waals surface area contributed by atoms with E-state index >= 15 is 0 Å². The lowest BCUT2D eigenvalue weighted by Crippen LogP contribution is -3.09. The molecule has 136 valence electrons. The largest absolute Gasteiger partial charge is 0.351 e. The third-order valence-corrected chi connectivity index (χ3v) is 6.74. The fraction of sp³-hybridized carbons (Fsp3) is 0.667. The minimum absolute atomic E-state index is 0.101. The second kappa shape index (κ2) is 6.71. The van der Waals surface area contributed by atoms with Crippen molar-refractivity contribution < 1.29 is 14.1 Å². The van der Waals surface area contributed by atoms with E-state index in [0.29, 0.717) is 24.1 Å². The first kappa shape index (κ1) is 17.0. The van der Waals surface area contributed by atoms with E-state index in [-0.39, 0.29) is 11.7 Å². The summed E-state index contributed by atoms with van der Waals surface area (Å²) in [6, 6.07) is 6.83. The molecule has 0 radical (unpaired) electrons. The van der Waals surface area contributed by atoms with Gasteiger partial charge in [0.25, 0.3) is 5.91 Å². The maximum atomic E-state index is 13.7. The smallest absolute Gasteiger partial charge is 0.275 e. The van der Waals surface area contributed by atoms with Gasteiger partial charge in [-0.25, -0.2) is 4.39 Å². The van der Waals surface area contributed by atoms with Gasteiger partial charge >= 0.3 is 0 Å². The molecule has 25 heavy (non-hydrogen) atoms. The summed E-state index contributed by atoms with van der Waals surface area (Å²) in [6.45, 7) is 1.79. The van der Waals surface area contributed by atoms with Gasteiger partial charge in [0, 0.05) is 12.1 Å². The Morgan fingerprint density at radius 2 is 1.76 bits per heavy atom. The maximum Gasteiger partial charge on any atom is 0.275 e. The number of hydrogen-bond donors (Lipinski definition) is 2. The minimum Gasteiger partial charge on any atom is -0.351 e. The van der Waals surface area contributed by atoms with E-state index in [1.165, 1.54) is 44.6 Å². The number of quaternary nitrogens is 1. The molecule has 1 unspecified atom stereocenters. The zero-order valence-electron chi connectivity index (χ0n) is 15.2. The SMILES string of the molecule is C[NH+](CC(=O)NCC12CC3CC(CC(C3)C1)C2)Cc1ccccc1F. The minimum atomic E-state index is -0.184. The Bertz CT molecular complexity index is 609. The van der Waals surface area contributed by atoms with Crippen LogP contribution in [0.4, 0.5) is 4.39 Å². The second-order valence-corrected chi connectivity index (χ2v) is 9.10. The maximum absolute atomic E-state index is 13.7. The highest BCUT2D eigenvalue weighted by Gasteiger charge is 2.50. The zero-order chi connectivity index (χ0) is 17.4. The Balaban J connectivity index is 1.27. The van der Waals surface area contributed by atoms with E-state index in [9.17, 15) is 9.18 Å². The van der Waals surface area contributed by atoms with Crippen LogP contribution >= 0.6 is 0 Å². The van der Waals surface area contributed by atoms with E-state index in [4.69, 9.17) is 0 Å². The van der Waals surface area contributed by atoms with Crippen LogP contribution in [-0.2, 0) is 11.3 Å². The van der Waals surface area contributed by atoms with Gasteiger partial charge in [-0.05, 0) is 67.8 Å². The molecule has 2 N–H and O–H groups in total. The van der Waals surface area contributed by atoms with E-state index < -0.39 is 0 Å². The Labute approximate surface area is 150 Å². The number of likely N-dealkylation sites (N-methyl/N-ethyl adjacent to an activating group) is 1. The van der Waals surface area contributed by atoms with E-state index in [2.05, 4.69) is 5.32 Å². The number of carbonyl (C=O) groups is 1. The number of rotatable bonds is 6. The highest BCUT2D eigenvalue weighted by atomic mass is 19.1. The van der Waals surface area contributed by atoms with Crippen LogP contribution in [0.25, 0.3) is 0 Å². The molecule has 4 aliphatic carbocycles. The standard InChI is InChI=1S/C21H29FN2O/c1-24(12-18-4-2-3-5-19(18)22)13-20(25)23-14-21-9-15-6-16(10-21)8-17(7-15)11-21/h2-5,15-17H,6-14H2,1H3,(H,23,25)/p+1. The number of nitrogens with one attached hydrogen (secondary N) is 2. The molecule has 0 aliphatic heterocycles. The van der Waals surface area contributed by atoms with E-state index in [0.717, 1.165) is 29.2 Å². The van der Waals surface area contributed by atoms with E-state index in [1.807, 2.05) is 13.1 Å². The molecule has 1 aromatic rings. The van der Waals surface area contributed by atoms with Gasteiger partial charge in [-0.15, -0.1) is 0 Å². The van der Waals surface area contributed by atoms with Crippen LogP contribution in [0.15, 0.2) is 24.3 Å². The van der Waals surface area contributed by atoms with Gasteiger partial charge in [-0.3, -0.25) is 4.79 Å². The van der Waals surface area contributed by atoms with Gasteiger partial charge in [0.15, 0.2) is 6.54 Å². The number of amides is 1. The molecule has 5 rings (SSSR count). The van der Waals surface area contributed by atoms with Crippen molar-refractivity contribution in [2.75, 3.05) is 20.1 Å². The summed E-state index contributed by atoms with van der Waals surface area (Å²) in [5, 5.41) is 3.22. The summed E-state index contributed by atoms with van der Waals surface area (Å²) in [5.74, 6) is 2.66. The van der Waals surface area contributed by atoms with Gasteiger partial charge in [-0.1, -0.05) is 18.2 Å². The van der Waals surface area contributed by atoms with Crippen LogP contribution in [0.2, 0.25) is 0 Å². The van der Waals surface area contributed by atoms with Crippen molar-refractivity contribution in [2.24, 2.45) is 23.2 Å². The molecule has 0 heterocycles. The first-order valence-corrected chi connectivity index (χ1v) is 9.83. The van der Waals surface area contributed by atoms with Crippen molar-refractivity contribution in [3.8, 4) is 0 Å². The van der Waals surface area contributed by atoms with Crippen LogP contribution in [0, 0.1) is 29.0 Å². The molecule has 0 saturated heterocycles. The summed E-state index contributed by atoms with van der Waals surface area (Å²) in [6.07, 6.45) is 8.25. The fourth-order valence-electron chi connectivity index (χ4n) is 6.16. The zero-order valence-corrected chi connectivity index (χ0v) is 15.2. The Morgan fingerprint density at radius 3 is 2.36 bits per heavy atom. The van der Waals surface area contributed by atoms with Crippen LogP contribution in [0.5, 0.6) is 0 Å². The molecular weight excluding hydrogens is 315 g/mol. The second-order valence-electron chi connectivity index (χ2n) is 9.10. The predicted molar refractivity (Wildman–Crippen MR) is 95.5 cm³/mol. The lowest BCUT2D eigenvalue weighted by molar-refractivity contribution is -0.885. The van der Waals surface area contributed by atoms with Gasteiger partial charge in [-0.2, -0.15) is 0 Å². The Morgan fingerprint density at radius 1 is 1.16 bits per heavy atom. The Kier molecular flexibility index (Phi) is 4.57. The van der Waals surface area contributed by atoms with Crippen molar-refractivity contribution in [1.82, 2.24) is 5.32 Å². The normalized spacial score (nSPS) is 34.1. The quantitative estimate of drug-likeness (QED) is 0.814. The third kappa shape index (κ3) is 3.74. The number of hydrogen-bond acceptors (Lipinski definition) is 1. The summed E-state index contributed by atoms with van der Waals surface area (Å²) >= 11 is 0. The van der Waals surface area contributed by atoms with Crippen LogP contribution in [0.3, 0.4) is 0 Å². The van der Waals surface area contributed by atoms with Gasteiger partial charge in [0.05, 0.1) is 7.05 Å². The number of halogens is 1. The van der Waals surface area contributed by atoms with Crippen molar-refractivity contribution in [3.05, 3.63) is 35.6 Å². The molecule has 1 atom stereocenters. The lowest BCUT2D eigenvalue weighted by atomic mass is 9.49. The fourth-order valence-corrected chi connectivity index (χ4v) is 6.16. The Hall–Kier alpha value is -1.42. The summed E-state index contributed by atoms with van der Waals surface area (Å²) in [5.41, 5.74) is 1.05. The van der Waals surface area contributed by atoms with Crippen molar-refractivity contribution >= 4 is 5.91 Å². The summed E-state index contributed by atoms with van der Waals surface area (Å²) in [7, 11) is 1.96. The molecule has 4 saturated carbocycles. The van der Waals surface area contributed by atoms with Gasteiger partial charge < -0.3 is 10.2 Å². The molecule has 1 amide bonds. The number of carbonyl (C=O) groups excluding carboxylic acids is 1. The van der Waals surface area contributed by atoms with Crippen LogP contribution in [0.1, 0.15) is 44.1 Å². The molecule has 4 bridgehead atoms. The average molecular weight is 345 g/mol. The molecule has 0 spiro atoms. The van der Waals surface area contributed by atoms with Crippen molar-refractivity contribution in [3.63, 3.8) is 0 Å². The molecule has 4 aliphatic rings. The third-order valence-electron chi connectivity index (χ3n) is 6.74. The molecular formula is C21H30FN2O+. The van der Waals surface area contributed by atoms with Crippen LogP contribution < -0.4 is 10.2 Å². The average Bonchev–Trinajstić information content (AvgIpc) is 2.54. The van der Waals surface area contributed by atoms with Crippen molar-refractivity contribution in [1.29, 1.82) is 0 Å². The van der Waals surface area contributed by atoms with E-state index in [1.54, 1.807) is 12.1 Å². The lowest BCUT2D eigenvalue weighted by Gasteiger charge is -2.56. The molecule has 3 nitrogen and oxygen atoms in total. The first-order chi connectivity index (χ1) is 12.0. The molecule has 4 fully saturated rings. The monoisotopic (exact) mass is 345 g/mol. The van der Waals surface area contributed by atoms with Crippen LogP contribution in [-0.4, -0.2) is 26.0 Å². The molecule has 1 aromatic carbocycles. The first-order valence-electron chi connectivity index (χ1n) is 9.83. The number of benzene rings is 1. The molecule has 0 aromatic heterocycles. The van der Waals surface area contributed by atoms with Gasteiger partial charge in [0.2, 0.25) is 0 Å². The highest BCUT2D eigenvalue weighted by Crippen LogP contribution is 2.59. The molecule has 4 heteroatoms.